The Labute approximate surface area is 243 Å². The number of nitrogens with two attached hydrogens (primary N) is 1. The number of hydrogen-bond donors (Lipinski definition) is 2. The minimum Gasteiger partial charge on any atom is -0.490 e. The zero-order valence-corrected chi connectivity index (χ0v) is 23.5. The van der Waals surface area contributed by atoms with Crippen molar-refractivity contribution in [3.05, 3.63) is 75.9 Å². The molecule has 2 aliphatic rings. The standard InChI is InChI=1S/C28H24F4N4O4S2/c29-19-5-4-16(10-23(19)40-12-17-11-28(17,31)32)25-18(7-15-3-6-24(42(33)39)20(30)8-15)22(9-14-1-2-14)36(35-25)27-34-21(13-41-27)26(37)38/h3-6,8,10,13-14,17H,1-2,7,9,11-12,33H2,(H,37,38). The topological polar surface area (TPSA) is 120 Å². The van der Waals surface area contributed by atoms with Gasteiger partial charge >= 0.3 is 5.97 Å². The van der Waals surface area contributed by atoms with Gasteiger partial charge in [0.2, 0.25) is 5.13 Å². The number of ether oxygens (including phenoxy) is 1. The summed E-state index contributed by atoms with van der Waals surface area (Å²) in [4.78, 5) is 15.6. The third kappa shape index (κ3) is 5.83. The molecule has 6 rings (SSSR count). The van der Waals surface area contributed by atoms with E-state index in [1.165, 1.54) is 29.6 Å². The van der Waals surface area contributed by atoms with Crippen LogP contribution < -0.4 is 9.88 Å². The van der Waals surface area contributed by atoms with Crippen molar-refractivity contribution < 1.29 is 36.4 Å². The first kappa shape index (κ1) is 28.5. The number of rotatable bonds is 11. The van der Waals surface area contributed by atoms with Crippen LogP contribution in [0.15, 0.2) is 46.7 Å². The van der Waals surface area contributed by atoms with Crippen LogP contribution in [-0.2, 0) is 23.8 Å². The first-order valence-corrected chi connectivity index (χ1v) is 15.1. The fourth-order valence-corrected chi connectivity index (χ4v) is 5.98. The fourth-order valence-electron chi connectivity index (χ4n) is 4.75. The van der Waals surface area contributed by atoms with Crippen LogP contribution in [0.2, 0.25) is 0 Å². The van der Waals surface area contributed by atoms with Crippen LogP contribution in [0, 0.1) is 23.5 Å². The first-order valence-electron chi connectivity index (χ1n) is 13.0. The van der Waals surface area contributed by atoms with E-state index >= 15 is 0 Å². The minimum absolute atomic E-state index is 0.140. The summed E-state index contributed by atoms with van der Waals surface area (Å²) in [6.45, 7) is -0.340. The molecule has 0 aliphatic heterocycles. The van der Waals surface area contributed by atoms with Crippen LogP contribution in [0.4, 0.5) is 17.6 Å². The summed E-state index contributed by atoms with van der Waals surface area (Å²) in [6, 6.07) is 8.23. The van der Waals surface area contributed by atoms with Crippen molar-refractivity contribution in [1.82, 2.24) is 14.8 Å². The average Bonchev–Trinajstić information content (AvgIpc) is 3.74. The molecule has 2 unspecified atom stereocenters. The van der Waals surface area contributed by atoms with Gasteiger partial charge in [-0.25, -0.2) is 41.4 Å². The van der Waals surface area contributed by atoms with E-state index in [2.05, 4.69) is 4.98 Å². The molecule has 2 atom stereocenters. The van der Waals surface area contributed by atoms with Crippen molar-refractivity contribution in [3.8, 4) is 22.1 Å². The van der Waals surface area contributed by atoms with Gasteiger partial charge < -0.3 is 9.84 Å². The Morgan fingerprint density at radius 3 is 2.57 bits per heavy atom. The Balaban J connectivity index is 1.46. The monoisotopic (exact) mass is 620 g/mol. The van der Waals surface area contributed by atoms with Gasteiger partial charge in [-0.3, -0.25) is 0 Å². The molecular formula is C28H24F4N4O4S2. The highest BCUT2D eigenvalue weighted by atomic mass is 32.2. The number of carbonyl (C=O) groups is 1. The SMILES string of the molecule is NS(=O)c1ccc(Cc2c(-c3ccc(F)c(OCC4CC4(F)F)c3)nn(-c3nc(C(=O)O)cs3)c2CC2CC2)cc1F. The van der Waals surface area contributed by atoms with Gasteiger partial charge in [0.25, 0.3) is 5.92 Å². The van der Waals surface area contributed by atoms with E-state index in [1.807, 2.05) is 0 Å². The van der Waals surface area contributed by atoms with Gasteiger partial charge in [0.1, 0.15) is 16.8 Å². The van der Waals surface area contributed by atoms with Gasteiger partial charge in [-0.1, -0.05) is 6.07 Å². The molecule has 220 valence electrons. The molecule has 2 heterocycles. The number of hydrogen-bond acceptors (Lipinski definition) is 6. The number of nitrogens with zero attached hydrogens (tertiary/aromatic N) is 3. The summed E-state index contributed by atoms with van der Waals surface area (Å²) in [5, 5.41) is 21.3. The molecule has 14 heteroatoms. The lowest BCUT2D eigenvalue weighted by Gasteiger charge is -2.11. The summed E-state index contributed by atoms with van der Waals surface area (Å²) in [5.41, 5.74) is 2.60. The van der Waals surface area contributed by atoms with E-state index in [-0.39, 0.29) is 35.8 Å². The zero-order valence-electron chi connectivity index (χ0n) is 21.9. The van der Waals surface area contributed by atoms with Crippen molar-refractivity contribution >= 4 is 28.3 Å². The highest BCUT2D eigenvalue weighted by Crippen LogP contribution is 2.48. The fraction of sp³-hybridized carbons (Fsp3) is 0.321. The Morgan fingerprint density at radius 2 is 1.95 bits per heavy atom. The van der Waals surface area contributed by atoms with Gasteiger partial charge in [0.15, 0.2) is 17.3 Å². The van der Waals surface area contributed by atoms with Crippen molar-refractivity contribution in [3.63, 3.8) is 0 Å². The largest absolute Gasteiger partial charge is 0.490 e. The summed E-state index contributed by atoms with van der Waals surface area (Å²) < 4.78 is 74.9. The highest BCUT2D eigenvalue weighted by Gasteiger charge is 2.57. The van der Waals surface area contributed by atoms with Crippen molar-refractivity contribution in [2.24, 2.45) is 17.0 Å². The molecule has 2 saturated carbocycles. The van der Waals surface area contributed by atoms with Crippen molar-refractivity contribution in [2.45, 2.75) is 42.9 Å². The molecule has 4 aromatic rings. The normalized spacial score (nSPS) is 18.2. The number of carboxylic acid groups (broad SMARTS) is 1. The summed E-state index contributed by atoms with van der Waals surface area (Å²) in [7, 11) is -2.01. The van der Waals surface area contributed by atoms with Gasteiger partial charge in [-0.15, -0.1) is 11.3 Å². The quantitative estimate of drug-likeness (QED) is 0.213. The van der Waals surface area contributed by atoms with E-state index < -0.39 is 40.4 Å². The lowest BCUT2D eigenvalue weighted by Crippen LogP contribution is -2.07. The molecule has 0 spiro atoms. The zero-order chi connectivity index (χ0) is 29.8. The maximum atomic E-state index is 14.7. The number of halogens is 4. The highest BCUT2D eigenvalue weighted by molar-refractivity contribution is 7.82. The predicted molar refractivity (Wildman–Crippen MR) is 146 cm³/mol. The molecule has 3 N–H and O–H groups in total. The number of benzene rings is 2. The second kappa shape index (κ2) is 10.9. The van der Waals surface area contributed by atoms with Crippen molar-refractivity contribution in [2.75, 3.05) is 6.61 Å². The lowest BCUT2D eigenvalue weighted by atomic mass is 9.96. The maximum absolute atomic E-state index is 14.7. The molecule has 2 aromatic heterocycles. The van der Waals surface area contributed by atoms with E-state index in [0.717, 1.165) is 35.9 Å². The number of aromatic nitrogens is 3. The molecule has 2 aromatic carbocycles. The average molecular weight is 621 g/mol. The second-order valence-corrected chi connectivity index (χ2v) is 12.4. The third-order valence-corrected chi connectivity index (χ3v) is 8.94. The molecule has 0 bridgehead atoms. The molecule has 8 nitrogen and oxygen atoms in total. The van der Waals surface area contributed by atoms with E-state index in [0.29, 0.717) is 39.9 Å². The Hall–Kier alpha value is -3.62. The Bertz CT molecular complexity index is 1720. The smallest absolute Gasteiger partial charge is 0.355 e. The molecular weight excluding hydrogens is 596 g/mol. The van der Waals surface area contributed by atoms with Crippen molar-refractivity contribution in [1.29, 1.82) is 0 Å². The number of carboxylic acids is 1. The summed E-state index contributed by atoms with van der Waals surface area (Å²) >= 11 is 1.09. The molecule has 42 heavy (non-hydrogen) atoms. The van der Waals surface area contributed by atoms with Gasteiger partial charge in [0, 0.05) is 29.3 Å². The Kier molecular flexibility index (Phi) is 7.39. The van der Waals surface area contributed by atoms with Crippen LogP contribution in [0.3, 0.4) is 0 Å². The number of aromatic carboxylic acids is 1. The predicted octanol–water partition coefficient (Wildman–Crippen LogP) is 5.53. The molecule has 2 aliphatic carbocycles. The Morgan fingerprint density at radius 1 is 1.19 bits per heavy atom. The van der Waals surface area contributed by atoms with Gasteiger partial charge in [-0.05, 0) is 61.1 Å². The molecule has 0 saturated heterocycles. The minimum atomic E-state index is -2.82. The van der Waals surface area contributed by atoms with Crippen LogP contribution >= 0.6 is 11.3 Å². The number of thiazole rings is 1. The molecule has 2 fully saturated rings. The van der Waals surface area contributed by atoms with Crippen LogP contribution in [0.25, 0.3) is 16.4 Å². The van der Waals surface area contributed by atoms with E-state index in [1.54, 1.807) is 10.7 Å². The van der Waals surface area contributed by atoms with E-state index in [4.69, 9.17) is 15.0 Å². The van der Waals surface area contributed by atoms with Crippen LogP contribution in [0.5, 0.6) is 5.75 Å². The molecule has 0 radical (unpaired) electrons. The first-order chi connectivity index (χ1) is 20.0. The summed E-state index contributed by atoms with van der Waals surface area (Å²) in [6.07, 6.45) is 2.42. The van der Waals surface area contributed by atoms with E-state index in [9.17, 15) is 31.7 Å². The van der Waals surface area contributed by atoms with Gasteiger partial charge in [-0.2, -0.15) is 5.10 Å². The maximum Gasteiger partial charge on any atom is 0.355 e. The third-order valence-electron chi connectivity index (χ3n) is 7.36. The van der Waals surface area contributed by atoms with Gasteiger partial charge in [0.05, 0.1) is 28.8 Å². The van der Waals surface area contributed by atoms with Crippen LogP contribution in [0.1, 0.15) is 46.6 Å². The lowest BCUT2D eigenvalue weighted by molar-refractivity contribution is 0.0690. The molecule has 0 amide bonds. The number of alkyl halides is 2. The summed E-state index contributed by atoms with van der Waals surface area (Å²) in [5.74, 6) is -6.29. The second-order valence-electron chi connectivity index (χ2n) is 10.5. The van der Waals surface area contributed by atoms with Crippen LogP contribution in [-0.4, -0.2) is 42.6 Å².